The molecule has 2 nitrogen and oxygen atoms in total. The van der Waals surface area contributed by atoms with Gasteiger partial charge in [-0.15, -0.1) is 0 Å². The Morgan fingerprint density at radius 1 is 1.33 bits per heavy atom. The number of aryl methyl sites for hydroxylation is 1. The van der Waals surface area contributed by atoms with E-state index in [1.807, 2.05) is 6.92 Å². The number of ether oxygens (including phenoxy) is 1. The molecule has 0 aliphatic heterocycles. The first-order chi connectivity index (χ1) is 8.54. The van der Waals surface area contributed by atoms with Gasteiger partial charge in [0.05, 0.1) is 13.0 Å². The van der Waals surface area contributed by atoms with E-state index in [0.717, 1.165) is 12.8 Å². The highest BCUT2D eigenvalue weighted by Crippen LogP contribution is 2.39. The zero-order chi connectivity index (χ0) is 13.3. The number of hydrogen-bond acceptors (Lipinski definition) is 2. The predicted molar refractivity (Wildman–Crippen MR) is 73.0 cm³/mol. The van der Waals surface area contributed by atoms with Crippen LogP contribution in [0.1, 0.15) is 53.5 Å². The second kappa shape index (κ2) is 5.13. The minimum atomic E-state index is -0.0637. The van der Waals surface area contributed by atoms with E-state index >= 15 is 0 Å². The lowest BCUT2D eigenvalue weighted by Gasteiger charge is -2.15. The summed E-state index contributed by atoms with van der Waals surface area (Å²) in [6.07, 6.45) is 2.72. The van der Waals surface area contributed by atoms with Gasteiger partial charge in [0, 0.05) is 0 Å². The Kier molecular flexibility index (Phi) is 3.74. The van der Waals surface area contributed by atoms with Crippen molar-refractivity contribution >= 4 is 5.97 Å². The van der Waals surface area contributed by atoms with Gasteiger partial charge in [0.15, 0.2) is 0 Å². The summed E-state index contributed by atoms with van der Waals surface area (Å²) in [7, 11) is 0. The van der Waals surface area contributed by atoms with E-state index in [1.165, 1.54) is 27.8 Å². The Labute approximate surface area is 109 Å². The third-order valence-electron chi connectivity index (χ3n) is 4.23. The van der Waals surface area contributed by atoms with Gasteiger partial charge >= 0.3 is 5.97 Å². The van der Waals surface area contributed by atoms with Crippen molar-refractivity contribution in [3.05, 3.63) is 33.9 Å². The van der Waals surface area contributed by atoms with E-state index in [-0.39, 0.29) is 5.97 Å². The van der Waals surface area contributed by atoms with Gasteiger partial charge in [0.25, 0.3) is 0 Å². The molecule has 0 bridgehead atoms. The molecule has 18 heavy (non-hydrogen) atoms. The summed E-state index contributed by atoms with van der Waals surface area (Å²) in [6.45, 7) is 8.88. The van der Waals surface area contributed by atoms with Crippen LogP contribution in [0, 0.1) is 20.8 Å². The molecule has 1 aromatic rings. The topological polar surface area (TPSA) is 26.3 Å². The van der Waals surface area contributed by atoms with Gasteiger partial charge in [-0.05, 0) is 74.3 Å². The molecule has 2 rings (SSSR count). The largest absolute Gasteiger partial charge is 0.466 e. The predicted octanol–water partition coefficient (Wildman–Crippen LogP) is 3.59. The standard InChI is InChI=1S/C16H22O2/c1-5-18-16(17)9-13-6-7-14-12(4)11(3)10(2)8-15(13)14/h8,13H,5-7,9H2,1-4H3. The molecular weight excluding hydrogens is 224 g/mol. The van der Waals surface area contributed by atoms with Crippen LogP contribution >= 0.6 is 0 Å². The highest BCUT2D eigenvalue weighted by atomic mass is 16.5. The lowest BCUT2D eigenvalue weighted by molar-refractivity contribution is -0.143. The Bertz CT molecular complexity index is 474. The molecule has 0 radical (unpaired) electrons. The van der Waals surface area contributed by atoms with Crippen LogP contribution in [0.2, 0.25) is 0 Å². The molecule has 0 fully saturated rings. The van der Waals surface area contributed by atoms with Gasteiger partial charge in [-0.1, -0.05) is 6.07 Å². The molecule has 0 N–H and O–H groups in total. The van der Waals surface area contributed by atoms with Gasteiger partial charge in [0.1, 0.15) is 0 Å². The van der Waals surface area contributed by atoms with E-state index in [9.17, 15) is 4.79 Å². The highest BCUT2D eigenvalue weighted by molar-refractivity contribution is 5.71. The average Bonchev–Trinajstić information content (AvgIpc) is 2.70. The van der Waals surface area contributed by atoms with E-state index in [0.29, 0.717) is 18.9 Å². The molecule has 0 heterocycles. The van der Waals surface area contributed by atoms with Crippen LogP contribution in [0.15, 0.2) is 6.07 Å². The monoisotopic (exact) mass is 246 g/mol. The molecule has 1 aromatic carbocycles. The Hall–Kier alpha value is -1.31. The zero-order valence-corrected chi connectivity index (χ0v) is 11.8. The fraction of sp³-hybridized carbons (Fsp3) is 0.562. The normalized spacial score (nSPS) is 17.7. The van der Waals surface area contributed by atoms with Crippen molar-refractivity contribution in [3.8, 4) is 0 Å². The first-order valence-corrected chi connectivity index (χ1v) is 6.79. The molecule has 0 saturated carbocycles. The van der Waals surface area contributed by atoms with Crippen LogP contribution in [0.3, 0.4) is 0 Å². The minimum absolute atomic E-state index is 0.0637. The van der Waals surface area contributed by atoms with Crippen molar-refractivity contribution < 1.29 is 9.53 Å². The first-order valence-electron chi connectivity index (χ1n) is 6.79. The number of esters is 1. The summed E-state index contributed by atoms with van der Waals surface area (Å²) < 4.78 is 5.06. The Balaban J connectivity index is 2.26. The summed E-state index contributed by atoms with van der Waals surface area (Å²) in [5.41, 5.74) is 6.99. The number of benzene rings is 1. The number of fused-ring (bicyclic) bond motifs is 1. The van der Waals surface area contributed by atoms with Crippen LogP contribution in [0.4, 0.5) is 0 Å². The van der Waals surface area contributed by atoms with Crippen LogP contribution in [0.25, 0.3) is 0 Å². The Morgan fingerprint density at radius 2 is 2.06 bits per heavy atom. The molecule has 1 aliphatic rings. The van der Waals surface area contributed by atoms with Crippen LogP contribution in [-0.2, 0) is 16.0 Å². The third kappa shape index (κ3) is 2.29. The van der Waals surface area contributed by atoms with Crippen LogP contribution < -0.4 is 0 Å². The lowest BCUT2D eigenvalue weighted by atomic mass is 9.91. The molecule has 1 aliphatic carbocycles. The molecule has 1 atom stereocenters. The van der Waals surface area contributed by atoms with Gasteiger partial charge < -0.3 is 4.74 Å². The Morgan fingerprint density at radius 3 is 2.72 bits per heavy atom. The average molecular weight is 246 g/mol. The molecule has 98 valence electrons. The van der Waals surface area contributed by atoms with Gasteiger partial charge in [-0.2, -0.15) is 0 Å². The van der Waals surface area contributed by atoms with E-state index in [4.69, 9.17) is 4.74 Å². The maximum Gasteiger partial charge on any atom is 0.306 e. The number of rotatable bonds is 3. The molecule has 2 heteroatoms. The quantitative estimate of drug-likeness (QED) is 0.762. The van der Waals surface area contributed by atoms with Crippen LogP contribution in [0.5, 0.6) is 0 Å². The summed E-state index contributed by atoms with van der Waals surface area (Å²) >= 11 is 0. The van der Waals surface area contributed by atoms with Gasteiger partial charge in [-0.3, -0.25) is 4.79 Å². The van der Waals surface area contributed by atoms with Gasteiger partial charge in [-0.25, -0.2) is 0 Å². The number of carbonyl (C=O) groups is 1. The minimum Gasteiger partial charge on any atom is -0.466 e. The zero-order valence-electron chi connectivity index (χ0n) is 11.8. The van der Waals surface area contributed by atoms with Crippen molar-refractivity contribution in [2.45, 2.75) is 52.9 Å². The smallest absolute Gasteiger partial charge is 0.306 e. The maximum atomic E-state index is 11.6. The summed E-state index contributed by atoms with van der Waals surface area (Å²) in [5, 5.41) is 0. The van der Waals surface area contributed by atoms with Crippen LogP contribution in [-0.4, -0.2) is 12.6 Å². The fourth-order valence-electron chi connectivity index (χ4n) is 2.97. The second-order valence-corrected chi connectivity index (χ2v) is 5.26. The molecular formula is C16H22O2. The number of carbonyl (C=O) groups excluding carboxylic acids is 1. The van der Waals surface area contributed by atoms with E-state index in [2.05, 4.69) is 26.8 Å². The molecule has 1 unspecified atom stereocenters. The van der Waals surface area contributed by atoms with Gasteiger partial charge in [0.2, 0.25) is 0 Å². The second-order valence-electron chi connectivity index (χ2n) is 5.26. The van der Waals surface area contributed by atoms with E-state index in [1.54, 1.807) is 0 Å². The highest BCUT2D eigenvalue weighted by Gasteiger charge is 2.27. The SMILES string of the molecule is CCOC(=O)CC1CCc2c1cc(C)c(C)c2C. The third-order valence-corrected chi connectivity index (χ3v) is 4.23. The summed E-state index contributed by atoms with van der Waals surface area (Å²) in [5.74, 6) is 0.295. The van der Waals surface area contributed by atoms with Crippen molar-refractivity contribution in [2.75, 3.05) is 6.61 Å². The summed E-state index contributed by atoms with van der Waals surface area (Å²) in [4.78, 5) is 11.6. The fourth-order valence-corrected chi connectivity index (χ4v) is 2.97. The lowest BCUT2D eigenvalue weighted by Crippen LogP contribution is -2.09. The van der Waals surface area contributed by atoms with Crippen molar-refractivity contribution in [1.82, 2.24) is 0 Å². The van der Waals surface area contributed by atoms with E-state index < -0.39 is 0 Å². The maximum absolute atomic E-state index is 11.6. The number of hydrogen-bond donors (Lipinski definition) is 0. The molecule has 0 amide bonds. The molecule has 0 aromatic heterocycles. The van der Waals surface area contributed by atoms with Crippen molar-refractivity contribution in [2.24, 2.45) is 0 Å². The first kappa shape index (κ1) is 13.1. The van der Waals surface area contributed by atoms with Crippen molar-refractivity contribution in [3.63, 3.8) is 0 Å². The molecule has 0 spiro atoms. The molecule has 0 saturated heterocycles. The summed E-state index contributed by atoms with van der Waals surface area (Å²) in [6, 6.07) is 2.27. The van der Waals surface area contributed by atoms with Crippen molar-refractivity contribution in [1.29, 1.82) is 0 Å².